The first-order valence-corrected chi connectivity index (χ1v) is 7.26. The average molecular weight is 288 g/mol. The summed E-state index contributed by atoms with van der Waals surface area (Å²) in [5, 5.41) is 3.49. The van der Waals surface area contributed by atoms with Gasteiger partial charge in [-0.1, -0.05) is 19.8 Å². The van der Waals surface area contributed by atoms with Crippen LogP contribution < -0.4 is 5.32 Å². The Morgan fingerprint density at radius 2 is 2.27 bits per heavy atom. The molecule has 3 heteroatoms. The summed E-state index contributed by atoms with van der Waals surface area (Å²) >= 11 is 5.41. The summed E-state index contributed by atoms with van der Waals surface area (Å²) in [6.45, 7) is 2.39. The molecular formula is C12H18BrNS. The van der Waals surface area contributed by atoms with Crippen molar-refractivity contribution >= 4 is 27.3 Å². The molecule has 1 N–H and O–H groups in total. The Kier molecular flexibility index (Phi) is 3.86. The molecule has 1 fully saturated rings. The summed E-state index contributed by atoms with van der Waals surface area (Å²) in [6, 6.07) is 4.96. The molecule has 0 amide bonds. The summed E-state index contributed by atoms with van der Waals surface area (Å²) < 4.78 is 1.24. The molecular weight excluding hydrogens is 270 g/mol. The van der Waals surface area contributed by atoms with Gasteiger partial charge in [-0.3, -0.25) is 0 Å². The van der Waals surface area contributed by atoms with E-state index in [9.17, 15) is 0 Å². The van der Waals surface area contributed by atoms with Gasteiger partial charge in [-0.05, 0) is 53.4 Å². The van der Waals surface area contributed by atoms with Crippen LogP contribution in [-0.2, 0) is 0 Å². The summed E-state index contributed by atoms with van der Waals surface area (Å²) in [5.74, 6) is 1.68. The maximum absolute atomic E-state index is 3.54. The maximum Gasteiger partial charge on any atom is 0.0701 e. The van der Waals surface area contributed by atoms with Gasteiger partial charge in [-0.15, -0.1) is 11.3 Å². The highest BCUT2D eigenvalue weighted by molar-refractivity contribution is 9.11. The monoisotopic (exact) mass is 287 g/mol. The molecule has 0 bridgehead atoms. The van der Waals surface area contributed by atoms with Gasteiger partial charge in [0.1, 0.15) is 0 Å². The quantitative estimate of drug-likeness (QED) is 0.878. The highest BCUT2D eigenvalue weighted by atomic mass is 79.9. The second-order valence-electron chi connectivity index (χ2n) is 4.48. The van der Waals surface area contributed by atoms with Gasteiger partial charge < -0.3 is 5.32 Å². The predicted octanol–water partition coefficient (Wildman–Crippen LogP) is 4.21. The molecule has 1 aliphatic carbocycles. The smallest absolute Gasteiger partial charge is 0.0701 e. The molecule has 0 saturated heterocycles. The highest BCUT2D eigenvalue weighted by Crippen LogP contribution is 2.42. The number of hydrogen-bond donors (Lipinski definition) is 1. The zero-order valence-corrected chi connectivity index (χ0v) is 11.7. The molecule has 1 nitrogen and oxygen atoms in total. The summed E-state index contributed by atoms with van der Waals surface area (Å²) in [5.41, 5.74) is 0. The van der Waals surface area contributed by atoms with E-state index in [1.165, 1.54) is 27.9 Å². The molecule has 1 heterocycles. The molecule has 0 aliphatic heterocycles. The van der Waals surface area contributed by atoms with Crippen LogP contribution in [0.15, 0.2) is 15.9 Å². The van der Waals surface area contributed by atoms with E-state index in [4.69, 9.17) is 0 Å². The molecule has 1 aliphatic rings. The average Bonchev–Trinajstić information content (AvgIpc) is 2.79. The first kappa shape index (κ1) is 11.6. The van der Waals surface area contributed by atoms with E-state index in [1.54, 1.807) is 0 Å². The van der Waals surface area contributed by atoms with Gasteiger partial charge in [0.05, 0.1) is 3.79 Å². The topological polar surface area (TPSA) is 12.0 Å². The molecule has 3 atom stereocenters. The van der Waals surface area contributed by atoms with Crippen molar-refractivity contribution in [3.05, 3.63) is 20.8 Å². The Morgan fingerprint density at radius 3 is 2.73 bits per heavy atom. The van der Waals surface area contributed by atoms with Crippen molar-refractivity contribution in [2.45, 2.75) is 32.2 Å². The van der Waals surface area contributed by atoms with Crippen molar-refractivity contribution in [1.29, 1.82) is 0 Å². The van der Waals surface area contributed by atoms with E-state index < -0.39 is 0 Å². The summed E-state index contributed by atoms with van der Waals surface area (Å²) in [6.07, 6.45) is 4.17. The van der Waals surface area contributed by atoms with Gasteiger partial charge in [-0.25, -0.2) is 0 Å². The van der Waals surface area contributed by atoms with Crippen molar-refractivity contribution in [2.24, 2.45) is 11.8 Å². The molecule has 0 spiro atoms. The molecule has 3 unspecified atom stereocenters. The Balaban J connectivity index is 2.16. The van der Waals surface area contributed by atoms with Gasteiger partial charge >= 0.3 is 0 Å². The Labute approximate surface area is 104 Å². The standard InChI is InChI=1S/C12H18BrNS/c1-8-4-3-5-9(8)12(14-2)10-6-7-11(13)15-10/h6-9,12,14H,3-5H2,1-2H3. The molecule has 1 aromatic rings. The zero-order valence-electron chi connectivity index (χ0n) is 9.29. The maximum atomic E-state index is 3.54. The van der Waals surface area contributed by atoms with Crippen molar-refractivity contribution in [2.75, 3.05) is 7.05 Å². The third-order valence-corrected chi connectivity index (χ3v) is 5.27. The summed E-state index contributed by atoms with van der Waals surface area (Å²) in [4.78, 5) is 1.48. The van der Waals surface area contributed by atoms with E-state index in [0.29, 0.717) is 6.04 Å². The van der Waals surface area contributed by atoms with Gasteiger partial charge in [-0.2, -0.15) is 0 Å². The van der Waals surface area contributed by atoms with Crippen LogP contribution in [0.2, 0.25) is 0 Å². The van der Waals surface area contributed by atoms with Crippen LogP contribution in [-0.4, -0.2) is 7.05 Å². The predicted molar refractivity (Wildman–Crippen MR) is 70.3 cm³/mol. The third-order valence-electron chi connectivity index (χ3n) is 3.57. The lowest BCUT2D eigenvalue weighted by Crippen LogP contribution is -2.26. The minimum atomic E-state index is 0.554. The van der Waals surface area contributed by atoms with Crippen LogP contribution in [0.3, 0.4) is 0 Å². The highest BCUT2D eigenvalue weighted by Gasteiger charge is 2.31. The Bertz CT molecular complexity index is 323. The number of rotatable bonds is 3. The van der Waals surface area contributed by atoms with E-state index in [1.807, 2.05) is 11.3 Å². The van der Waals surface area contributed by atoms with Crippen LogP contribution in [0.5, 0.6) is 0 Å². The third kappa shape index (κ3) is 2.45. The van der Waals surface area contributed by atoms with E-state index in [-0.39, 0.29) is 0 Å². The van der Waals surface area contributed by atoms with Crippen LogP contribution in [0.4, 0.5) is 0 Å². The van der Waals surface area contributed by atoms with Crippen LogP contribution in [0.1, 0.15) is 37.1 Å². The Hall–Kier alpha value is 0.140. The van der Waals surface area contributed by atoms with Crippen LogP contribution in [0, 0.1) is 11.8 Å². The van der Waals surface area contributed by atoms with Crippen molar-refractivity contribution in [3.63, 3.8) is 0 Å². The SMILES string of the molecule is CNC(c1ccc(Br)s1)C1CCCC1C. The van der Waals surface area contributed by atoms with Crippen molar-refractivity contribution < 1.29 is 0 Å². The van der Waals surface area contributed by atoms with Gasteiger partial charge in [0.15, 0.2) is 0 Å². The van der Waals surface area contributed by atoms with Gasteiger partial charge in [0.25, 0.3) is 0 Å². The molecule has 0 radical (unpaired) electrons. The fourth-order valence-electron chi connectivity index (χ4n) is 2.73. The first-order valence-electron chi connectivity index (χ1n) is 5.65. The fraction of sp³-hybridized carbons (Fsp3) is 0.667. The molecule has 15 heavy (non-hydrogen) atoms. The normalized spacial score (nSPS) is 28.2. The van der Waals surface area contributed by atoms with Gasteiger partial charge in [0, 0.05) is 10.9 Å². The number of hydrogen-bond acceptors (Lipinski definition) is 2. The second-order valence-corrected chi connectivity index (χ2v) is 6.97. The number of halogens is 1. The molecule has 84 valence electrons. The minimum absolute atomic E-state index is 0.554. The van der Waals surface area contributed by atoms with Crippen LogP contribution in [0.25, 0.3) is 0 Å². The van der Waals surface area contributed by atoms with E-state index >= 15 is 0 Å². The molecule has 0 aromatic carbocycles. The van der Waals surface area contributed by atoms with Crippen molar-refractivity contribution in [1.82, 2.24) is 5.32 Å². The Morgan fingerprint density at radius 1 is 1.47 bits per heavy atom. The van der Waals surface area contributed by atoms with Crippen molar-refractivity contribution in [3.8, 4) is 0 Å². The minimum Gasteiger partial charge on any atom is -0.312 e. The lowest BCUT2D eigenvalue weighted by molar-refractivity contribution is 0.319. The summed E-state index contributed by atoms with van der Waals surface area (Å²) in [7, 11) is 2.09. The second kappa shape index (κ2) is 4.98. The van der Waals surface area contributed by atoms with Crippen LogP contribution >= 0.6 is 27.3 Å². The van der Waals surface area contributed by atoms with E-state index in [2.05, 4.69) is 47.4 Å². The molecule has 1 aromatic heterocycles. The largest absolute Gasteiger partial charge is 0.312 e. The zero-order chi connectivity index (χ0) is 10.8. The molecule has 1 saturated carbocycles. The lowest BCUT2D eigenvalue weighted by Gasteiger charge is -2.25. The number of nitrogens with one attached hydrogen (secondary N) is 1. The lowest BCUT2D eigenvalue weighted by atomic mass is 9.89. The van der Waals surface area contributed by atoms with E-state index in [0.717, 1.165) is 11.8 Å². The first-order chi connectivity index (χ1) is 7.22. The van der Waals surface area contributed by atoms with Gasteiger partial charge in [0.2, 0.25) is 0 Å². The fourth-order valence-corrected chi connectivity index (χ4v) is 4.34. The number of thiophene rings is 1. The molecule has 2 rings (SSSR count).